The maximum atomic E-state index is 12.1. The number of ether oxygens (including phenoxy) is 4. The molecule has 57 heavy (non-hydrogen) atoms. The molecule has 0 bridgehead atoms. The summed E-state index contributed by atoms with van der Waals surface area (Å²) >= 11 is 0. The number of fused-ring (bicyclic) bond motifs is 5. The number of esters is 1. The van der Waals surface area contributed by atoms with Crippen LogP contribution in [-0.2, 0) is 54.1 Å². The Kier molecular flexibility index (Phi) is 23.2. The van der Waals surface area contributed by atoms with Gasteiger partial charge in [-0.3, -0.25) is 4.79 Å². The molecule has 0 aromatic carbocycles. The quantitative estimate of drug-likeness (QED) is 0.0616. The van der Waals surface area contributed by atoms with E-state index in [-0.39, 0.29) is 149 Å². The first-order valence-corrected chi connectivity index (χ1v) is 23.4. The third-order valence-electron chi connectivity index (χ3n) is 13.2. The van der Waals surface area contributed by atoms with Crippen molar-refractivity contribution in [3.8, 4) is 0 Å². The first-order valence-electron chi connectivity index (χ1n) is 18.6. The average Bonchev–Trinajstić information content (AvgIpc) is 3.39. The van der Waals surface area contributed by atoms with E-state index in [9.17, 15) is 59.0 Å². The van der Waals surface area contributed by atoms with E-state index in [0.29, 0.717) is 38.5 Å². The Morgan fingerprint density at radius 1 is 0.737 bits per heavy atom. The number of methoxy groups -OCH3 is 1. The van der Waals surface area contributed by atoms with Gasteiger partial charge < -0.3 is 47.9 Å². The molecular weight excluding hydrogens is 846 g/mol. The van der Waals surface area contributed by atoms with Crippen LogP contribution in [-0.4, -0.2) is 141 Å². The van der Waals surface area contributed by atoms with Crippen LogP contribution in [0.5, 0.6) is 0 Å². The van der Waals surface area contributed by atoms with Crippen LogP contribution >= 0.6 is 0 Å². The van der Waals surface area contributed by atoms with Gasteiger partial charge in [0.15, 0.2) is 0 Å². The predicted molar refractivity (Wildman–Crippen MR) is 187 cm³/mol. The summed E-state index contributed by atoms with van der Waals surface area (Å²) in [5.74, 6) is -3.75. The Hall–Kier alpha value is 1.96. The molecule has 17 nitrogen and oxygen atoms in total. The number of hydrogen-bond acceptors (Lipinski definition) is 17. The van der Waals surface area contributed by atoms with Gasteiger partial charge in [-0.15, -0.1) is 0 Å². The molecule has 0 radical (unpaired) electrons. The summed E-state index contributed by atoms with van der Waals surface area (Å²) in [7, 11) is -12.8. The fraction of sp³-hybridized carbons (Fsp3) is 0.971. The molecule has 3 N–H and O–H groups in total. The largest absolute Gasteiger partial charge is 1.00 e. The third kappa shape index (κ3) is 15.6. The number of aliphatic hydroxyl groups excluding tert-OH is 3. The Labute approximate surface area is 404 Å². The van der Waals surface area contributed by atoms with Crippen molar-refractivity contribution in [2.75, 3.05) is 44.2 Å². The first-order chi connectivity index (χ1) is 24.9. The number of carbonyl (C=O) groups is 1. The number of carbonyl (C=O) groups excluding carboxylic acids is 1. The van der Waals surface area contributed by atoms with E-state index in [1.165, 1.54) is 7.11 Å². The summed E-state index contributed by atoms with van der Waals surface area (Å²) in [6.45, 7) is 5.16. The Bertz CT molecular complexity index is 1620. The van der Waals surface area contributed by atoms with Gasteiger partial charge in [-0.2, -0.15) is 0 Å². The SMILES string of the molecule is COC(=O)CC[C@@H](C)[C@H]1CC[C@H]2[C@@H]3[C@H](OCC(O)CS(=O)(=O)[O-])C[C@@H]4C[C@H](OCC(O)CS(=O)(=O)[O-])CC[C@]4(C)[C@H]3C[C@H](OCC(O)CS(=O)(=O)[O-])[C@]12C.[Na+].[Na+].[Na+]. The van der Waals surface area contributed by atoms with Gasteiger partial charge in [0.2, 0.25) is 0 Å². The summed E-state index contributed by atoms with van der Waals surface area (Å²) in [5, 5.41) is 31.1. The number of hydrogen-bond donors (Lipinski definition) is 3. The molecule has 0 aromatic rings. The van der Waals surface area contributed by atoms with Crippen molar-refractivity contribution in [2.45, 2.75) is 115 Å². The molecule has 0 spiro atoms. The van der Waals surface area contributed by atoms with Crippen molar-refractivity contribution >= 4 is 36.3 Å². The van der Waals surface area contributed by atoms with Gasteiger partial charge in [-0.25, -0.2) is 25.3 Å². The predicted octanol–water partition coefficient (Wildman–Crippen LogP) is -8.66. The molecular formula is C34H57Na3O17S3. The smallest absolute Gasteiger partial charge is 0.748 e. The van der Waals surface area contributed by atoms with Gasteiger partial charge >= 0.3 is 94.6 Å². The summed E-state index contributed by atoms with van der Waals surface area (Å²) in [5.41, 5.74) is -0.945. The van der Waals surface area contributed by atoms with Crippen molar-refractivity contribution in [1.29, 1.82) is 0 Å². The van der Waals surface area contributed by atoms with E-state index in [1.54, 1.807) is 0 Å². The van der Waals surface area contributed by atoms with Crippen molar-refractivity contribution in [2.24, 2.45) is 46.3 Å². The molecule has 4 saturated carbocycles. The molecule has 0 aromatic heterocycles. The van der Waals surface area contributed by atoms with E-state index in [0.717, 1.165) is 12.8 Å². The van der Waals surface area contributed by atoms with Crippen LogP contribution in [0, 0.1) is 46.3 Å². The summed E-state index contributed by atoms with van der Waals surface area (Å²) < 4.78 is 126. The maximum Gasteiger partial charge on any atom is 1.00 e. The maximum absolute atomic E-state index is 12.1. The summed E-state index contributed by atoms with van der Waals surface area (Å²) in [6.07, 6.45) is -1.24. The van der Waals surface area contributed by atoms with E-state index in [4.69, 9.17) is 18.9 Å². The Balaban J connectivity index is 0.00000541. The molecule has 3 unspecified atom stereocenters. The zero-order valence-electron chi connectivity index (χ0n) is 34.3. The van der Waals surface area contributed by atoms with Crippen molar-refractivity contribution in [3.63, 3.8) is 0 Å². The Morgan fingerprint density at radius 2 is 1.25 bits per heavy atom. The fourth-order valence-electron chi connectivity index (χ4n) is 10.8. The zero-order valence-corrected chi connectivity index (χ0v) is 42.8. The first kappa shape index (κ1) is 57.0. The van der Waals surface area contributed by atoms with E-state index in [2.05, 4.69) is 20.8 Å². The van der Waals surface area contributed by atoms with Crippen LogP contribution in [0.25, 0.3) is 0 Å². The zero-order chi connectivity index (χ0) is 40.4. The topological polar surface area (TPSA) is 286 Å². The van der Waals surface area contributed by atoms with Gasteiger partial charge in [0.1, 0.15) is 0 Å². The number of aliphatic hydroxyl groups is 3. The molecule has 4 rings (SSSR count). The van der Waals surface area contributed by atoms with Gasteiger partial charge in [0.25, 0.3) is 0 Å². The monoisotopic (exact) mass is 902 g/mol. The second-order valence-corrected chi connectivity index (χ2v) is 21.0. The van der Waals surface area contributed by atoms with Crippen LogP contribution in [0.3, 0.4) is 0 Å². The van der Waals surface area contributed by atoms with E-state index in [1.807, 2.05) is 0 Å². The van der Waals surface area contributed by atoms with Gasteiger partial charge in [-0.1, -0.05) is 20.8 Å². The normalized spacial score (nSPS) is 34.7. The molecule has 14 atom stereocenters. The molecule has 4 aliphatic carbocycles. The van der Waals surface area contributed by atoms with Crippen LogP contribution in [0.4, 0.5) is 0 Å². The minimum absolute atomic E-state index is 0. The number of rotatable bonds is 19. The Morgan fingerprint density at radius 3 is 1.75 bits per heavy atom. The van der Waals surface area contributed by atoms with Crippen molar-refractivity contribution in [1.82, 2.24) is 0 Å². The van der Waals surface area contributed by atoms with Crippen LogP contribution in [0.15, 0.2) is 0 Å². The van der Waals surface area contributed by atoms with Crippen molar-refractivity contribution in [3.05, 3.63) is 0 Å². The van der Waals surface area contributed by atoms with Crippen LogP contribution < -0.4 is 88.7 Å². The molecule has 316 valence electrons. The molecule has 4 fully saturated rings. The van der Waals surface area contributed by atoms with Gasteiger partial charge in [0.05, 0.1) is 111 Å². The van der Waals surface area contributed by atoms with Crippen molar-refractivity contribution < 1.29 is 167 Å². The van der Waals surface area contributed by atoms with E-state index < -0.39 is 103 Å². The summed E-state index contributed by atoms with van der Waals surface area (Å²) in [6, 6.07) is 0. The van der Waals surface area contributed by atoms with E-state index >= 15 is 0 Å². The van der Waals surface area contributed by atoms with Crippen LogP contribution in [0.2, 0.25) is 0 Å². The molecule has 0 aliphatic heterocycles. The van der Waals surface area contributed by atoms with Gasteiger partial charge in [0, 0.05) is 11.8 Å². The molecule has 0 heterocycles. The second-order valence-electron chi connectivity index (χ2n) is 16.7. The standard InChI is InChI=1S/C34H60O17S3.3Na/c1-20(5-8-31(38)48-4)26-6-7-27-32-28(13-30(34(26,27)3)51-16-24(37)19-54(45,46)47)33(2)10-9-25(49-14-22(35)17-52(39,40)41)11-21(33)12-29(32)50-15-23(36)18-53(42,43)44;;;/h20-30,32,35-37H,5-19H2,1-4H3,(H,39,40,41)(H,42,43,44)(H,45,46,47);;;/q;3*+1/p-3/t20-,21+,22?,23?,24?,25-,26-,27+,28+,29-,30+,32+,33+,34-;;;/m1.../s1. The minimum atomic E-state index is -4.75. The minimum Gasteiger partial charge on any atom is -0.748 e. The molecule has 0 amide bonds. The molecule has 23 heteroatoms. The third-order valence-corrected chi connectivity index (χ3v) is 15.6. The van der Waals surface area contributed by atoms with Crippen LogP contribution in [0.1, 0.15) is 78.6 Å². The van der Waals surface area contributed by atoms with Gasteiger partial charge in [-0.05, 0) is 92.3 Å². The fourth-order valence-corrected chi connectivity index (χ4v) is 12.5. The molecule has 4 aliphatic rings. The average molecular weight is 903 g/mol. The summed E-state index contributed by atoms with van der Waals surface area (Å²) in [4.78, 5) is 12.1. The molecule has 0 saturated heterocycles. The second kappa shape index (κ2) is 23.2.